The molecule has 0 radical (unpaired) electrons. The molecule has 1 saturated heterocycles. The molecule has 0 unspecified atom stereocenters. The van der Waals surface area contributed by atoms with E-state index in [4.69, 9.17) is 17.0 Å². The Morgan fingerprint density at radius 2 is 1.93 bits per heavy atom. The van der Waals surface area contributed by atoms with Crippen LogP contribution in [0, 0.1) is 0 Å². The molecule has 2 rings (SSSR count). The number of hydrogen-bond donors (Lipinski definition) is 0. The fourth-order valence-electron chi connectivity index (χ4n) is 1.60. The molecule has 4 heteroatoms. The number of carbonyl (C=O) groups excluding carboxylic acids is 1. The molecule has 1 heterocycles. The summed E-state index contributed by atoms with van der Waals surface area (Å²) in [5.74, 6) is 0.849. The van der Waals surface area contributed by atoms with Crippen molar-refractivity contribution in [1.82, 2.24) is 0 Å². The molecule has 78 valence electrons. The third-order valence-electron chi connectivity index (χ3n) is 2.38. The third kappa shape index (κ3) is 1.85. The van der Waals surface area contributed by atoms with Gasteiger partial charge in [0.25, 0.3) is 0 Å². The second kappa shape index (κ2) is 3.98. The number of nitrogens with zero attached hydrogens (tertiary/aromatic N) is 1. The minimum absolute atomic E-state index is 0.0742. The van der Waals surface area contributed by atoms with Gasteiger partial charge in [0, 0.05) is 18.5 Å². The minimum Gasteiger partial charge on any atom is -0.497 e. The van der Waals surface area contributed by atoms with Gasteiger partial charge in [0.1, 0.15) is 5.75 Å². The van der Waals surface area contributed by atoms with Crippen LogP contribution in [-0.4, -0.2) is 18.0 Å². The van der Waals surface area contributed by atoms with E-state index < -0.39 is 0 Å². The van der Waals surface area contributed by atoms with Gasteiger partial charge in [-0.05, 0) is 24.3 Å². The number of carbonyl (C=O) groups is 1. The molecule has 1 fully saturated rings. The van der Waals surface area contributed by atoms with Crippen molar-refractivity contribution in [2.75, 3.05) is 12.0 Å². The molecule has 0 atom stereocenters. The molecule has 0 spiro atoms. The molecule has 0 N–H and O–H groups in total. The van der Waals surface area contributed by atoms with Crippen molar-refractivity contribution in [2.24, 2.45) is 0 Å². The second-order valence-electron chi connectivity index (χ2n) is 3.32. The quantitative estimate of drug-likeness (QED) is 0.717. The first kappa shape index (κ1) is 10.1. The van der Waals surface area contributed by atoms with E-state index in [9.17, 15) is 4.79 Å². The van der Waals surface area contributed by atoms with Gasteiger partial charge >= 0.3 is 0 Å². The molecule has 1 aromatic carbocycles. The average Bonchev–Trinajstić information content (AvgIpc) is 2.59. The summed E-state index contributed by atoms with van der Waals surface area (Å²) < 4.78 is 5.05. The maximum Gasteiger partial charge on any atom is 0.232 e. The summed E-state index contributed by atoms with van der Waals surface area (Å²) in [6.45, 7) is 0. The van der Waals surface area contributed by atoms with Crippen molar-refractivity contribution in [3.8, 4) is 5.75 Å². The Morgan fingerprint density at radius 3 is 2.40 bits per heavy atom. The highest BCUT2D eigenvalue weighted by Gasteiger charge is 2.26. The zero-order valence-corrected chi connectivity index (χ0v) is 9.21. The molecule has 0 aliphatic carbocycles. The van der Waals surface area contributed by atoms with Crippen LogP contribution in [0.4, 0.5) is 5.69 Å². The van der Waals surface area contributed by atoms with Crippen LogP contribution < -0.4 is 9.64 Å². The lowest BCUT2D eigenvalue weighted by Crippen LogP contribution is -2.27. The fourth-order valence-corrected chi connectivity index (χ4v) is 1.91. The lowest BCUT2D eigenvalue weighted by Gasteiger charge is -2.15. The topological polar surface area (TPSA) is 29.5 Å². The number of benzene rings is 1. The Bertz CT molecular complexity index is 384. The summed E-state index contributed by atoms with van der Waals surface area (Å²) in [6.07, 6.45) is 1.20. The number of amides is 1. The van der Waals surface area contributed by atoms with E-state index in [1.54, 1.807) is 12.0 Å². The van der Waals surface area contributed by atoms with Gasteiger partial charge in [-0.1, -0.05) is 12.2 Å². The Balaban J connectivity index is 2.29. The van der Waals surface area contributed by atoms with Crippen LogP contribution in [0.5, 0.6) is 5.75 Å². The smallest absolute Gasteiger partial charge is 0.232 e. The molecule has 15 heavy (non-hydrogen) atoms. The monoisotopic (exact) mass is 221 g/mol. The predicted molar refractivity (Wildman–Crippen MR) is 62.3 cm³/mol. The van der Waals surface area contributed by atoms with Crippen molar-refractivity contribution < 1.29 is 9.53 Å². The summed E-state index contributed by atoms with van der Waals surface area (Å²) in [6, 6.07) is 7.33. The van der Waals surface area contributed by atoms with Crippen LogP contribution in [0.2, 0.25) is 0 Å². The fraction of sp³-hybridized carbons (Fsp3) is 0.273. The van der Waals surface area contributed by atoms with Gasteiger partial charge in [0.15, 0.2) is 0 Å². The van der Waals surface area contributed by atoms with E-state index in [1.165, 1.54) is 0 Å². The van der Waals surface area contributed by atoms with Crippen molar-refractivity contribution in [3.63, 3.8) is 0 Å². The van der Waals surface area contributed by atoms with Crippen molar-refractivity contribution in [1.29, 1.82) is 0 Å². The molecule has 1 aromatic rings. The SMILES string of the molecule is COc1ccc(N2C(=O)CCC2=S)cc1. The molecule has 0 bridgehead atoms. The van der Waals surface area contributed by atoms with E-state index in [2.05, 4.69) is 0 Å². The first-order chi connectivity index (χ1) is 7.22. The lowest BCUT2D eigenvalue weighted by atomic mass is 10.3. The summed E-state index contributed by atoms with van der Waals surface area (Å²) in [7, 11) is 1.61. The third-order valence-corrected chi connectivity index (χ3v) is 2.77. The van der Waals surface area contributed by atoms with Crippen molar-refractivity contribution in [3.05, 3.63) is 24.3 Å². The molecule has 1 aliphatic heterocycles. The lowest BCUT2D eigenvalue weighted by molar-refractivity contribution is -0.116. The first-order valence-electron chi connectivity index (χ1n) is 4.72. The van der Waals surface area contributed by atoms with Gasteiger partial charge in [-0.2, -0.15) is 0 Å². The molecular weight excluding hydrogens is 210 g/mol. The predicted octanol–water partition coefficient (Wildman–Crippen LogP) is 2.15. The van der Waals surface area contributed by atoms with Gasteiger partial charge in [-0.15, -0.1) is 0 Å². The van der Waals surface area contributed by atoms with Gasteiger partial charge in [-0.3, -0.25) is 9.69 Å². The van der Waals surface area contributed by atoms with Crippen LogP contribution in [-0.2, 0) is 4.79 Å². The number of anilines is 1. The van der Waals surface area contributed by atoms with Gasteiger partial charge in [-0.25, -0.2) is 0 Å². The first-order valence-corrected chi connectivity index (χ1v) is 5.13. The Kier molecular flexibility index (Phi) is 2.68. The Hall–Kier alpha value is -1.42. The van der Waals surface area contributed by atoms with Crippen LogP contribution in [0.1, 0.15) is 12.8 Å². The highest BCUT2D eigenvalue weighted by molar-refractivity contribution is 7.80. The van der Waals surface area contributed by atoms with Crippen LogP contribution in [0.25, 0.3) is 0 Å². The largest absolute Gasteiger partial charge is 0.497 e. The minimum atomic E-state index is 0.0742. The number of methoxy groups -OCH3 is 1. The Labute approximate surface area is 93.6 Å². The van der Waals surface area contributed by atoms with Crippen molar-refractivity contribution in [2.45, 2.75) is 12.8 Å². The Morgan fingerprint density at radius 1 is 1.27 bits per heavy atom. The average molecular weight is 221 g/mol. The molecule has 0 aromatic heterocycles. The number of rotatable bonds is 2. The van der Waals surface area contributed by atoms with E-state index in [0.717, 1.165) is 11.4 Å². The van der Waals surface area contributed by atoms with Crippen LogP contribution in [0.3, 0.4) is 0 Å². The van der Waals surface area contributed by atoms with Crippen LogP contribution in [0.15, 0.2) is 24.3 Å². The second-order valence-corrected chi connectivity index (χ2v) is 3.79. The number of thiocarbonyl (C=S) groups is 1. The summed E-state index contributed by atoms with van der Waals surface area (Å²) in [5.41, 5.74) is 0.823. The maximum atomic E-state index is 11.5. The highest BCUT2D eigenvalue weighted by atomic mass is 32.1. The van der Waals surface area contributed by atoms with Crippen molar-refractivity contribution >= 4 is 28.8 Å². The van der Waals surface area contributed by atoms with E-state index in [-0.39, 0.29) is 5.91 Å². The molecule has 0 saturated carbocycles. The van der Waals surface area contributed by atoms with Crippen LogP contribution >= 0.6 is 12.2 Å². The molecule has 3 nitrogen and oxygen atoms in total. The van der Waals surface area contributed by atoms with E-state index in [0.29, 0.717) is 17.8 Å². The number of hydrogen-bond acceptors (Lipinski definition) is 3. The normalized spacial score (nSPS) is 15.9. The molecule has 1 amide bonds. The van der Waals surface area contributed by atoms with Gasteiger partial charge < -0.3 is 4.74 Å². The zero-order valence-electron chi connectivity index (χ0n) is 8.40. The number of ether oxygens (including phenoxy) is 1. The standard InChI is InChI=1S/C11H11NO2S/c1-14-9-4-2-8(3-5-9)12-10(13)6-7-11(12)15/h2-5H,6-7H2,1H3. The summed E-state index contributed by atoms with van der Waals surface area (Å²) >= 11 is 5.13. The molecular formula is C11H11NO2S. The summed E-state index contributed by atoms with van der Waals surface area (Å²) in [4.78, 5) is 13.8. The van der Waals surface area contributed by atoms with E-state index in [1.807, 2.05) is 24.3 Å². The summed E-state index contributed by atoms with van der Waals surface area (Å²) in [5, 5.41) is 0. The zero-order chi connectivity index (χ0) is 10.8. The van der Waals surface area contributed by atoms with Gasteiger partial charge in [0.2, 0.25) is 5.91 Å². The molecule has 1 aliphatic rings. The highest BCUT2D eigenvalue weighted by Crippen LogP contribution is 2.25. The van der Waals surface area contributed by atoms with E-state index >= 15 is 0 Å². The van der Waals surface area contributed by atoms with Gasteiger partial charge in [0.05, 0.1) is 12.1 Å². The maximum absolute atomic E-state index is 11.5.